The van der Waals surface area contributed by atoms with Crippen molar-refractivity contribution in [2.45, 2.75) is 24.1 Å². The third-order valence-corrected chi connectivity index (χ3v) is 3.91. The highest BCUT2D eigenvalue weighted by molar-refractivity contribution is 6.02. The van der Waals surface area contributed by atoms with Crippen molar-refractivity contribution in [3.8, 4) is 5.75 Å². The summed E-state index contributed by atoms with van der Waals surface area (Å²) in [6, 6.07) is 6.56. The van der Waals surface area contributed by atoms with Gasteiger partial charge in [0.2, 0.25) is 11.5 Å². The highest BCUT2D eigenvalue weighted by Crippen LogP contribution is 2.48. The van der Waals surface area contributed by atoms with E-state index in [2.05, 4.69) is 15.5 Å². The van der Waals surface area contributed by atoms with Crippen LogP contribution in [0.2, 0.25) is 0 Å². The summed E-state index contributed by atoms with van der Waals surface area (Å²) in [7, 11) is 0. The number of rotatable bonds is 1. The number of amidine groups is 1. The van der Waals surface area contributed by atoms with Crippen molar-refractivity contribution < 1.29 is 17.9 Å². The smallest absolute Gasteiger partial charge is 0.420 e. The molecule has 1 aromatic rings. The van der Waals surface area contributed by atoms with E-state index in [4.69, 9.17) is 16.2 Å². The first-order valence-electron chi connectivity index (χ1n) is 6.59. The largest absolute Gasteiger partial charge is 0.493 e. The van der Waals surface area contributed by atoms with Crippen molar-refractivity contribution in [1.29, 1.82) is 0 Å². The fraction of sp³-hybridized carbons (Fsp3) is 0.385. The molecule has 0 radical (unpaired) electrons. The number of ether oxygens (including phenoxy) is 1. The first kappa shape index (κ1) is 14.5. The van der Waals surface area contributed by atoms with Gasteiger partial charge in [-0.3, -0.25) is 5.43 Å². The second-order valence-corrected chi connectivity index (χ2v) is 5.11. The number of nitrogens with one attached hydrogen (secondary N) is 1. The zero-order chi connectivity index (χ0) is 16.0. The summed E-state index contributed by atoms with van der Waals surface area (Å²) < 4.78 is 47.1. The maximum atomic E-state index is 13.9. The van der Waals surface area contributed by atoms with Crippen molar-refractivity contribution in [2.75, 3.05) is 6.61 Å². The molecule has 0 saturated carbocycles. The molecule has 0 fully saturated rings. The van der Waals surface area contributed by atoms with Gasteiger partial charge in [-0.2, -0.15) is 18.2 Å². The van der Waals surface area contributed by atoms with Crippen LogP contribution in [0.1, 0.15) is 17.9 Å². The number of hydrogen-bond acceptors (Lipinski definition) is 6. The maximum Gasteiger partial charge on any atom is 0.420 e. The molecule has 0 amide bonds. The van der Waals surface area contributed by atoms with E-state index in [9.17, 15) is 13.2 Å². The lowest BCUT2D eigenvalue weighted by Gasteiger charge is -2.44. The molecular weight excluding hydrogens is 299 g/mol. The maximum absolute atomic E-state index is 13.9. The third kappa shape index (κ3) is 1.96. The number of hydrazone groups is 1. The number of nitrogens with two attached hydrogens (primary N) is 2. The minimum Gasteiger partial charge on any atom is -0.493 e. The lowest BCUT2D eigenvalue weighted by molar-refractivity contribution is -0.183. The van der Waals surface area contributed by atoms with Gasteiger partial charge in [0.05, 0.1) is 6.61 Å². The fourth-order valence-corrected chi connectivity index (χ4v) is 2.89. The van der Waals surface area contributed by atoms with E-state index in [0.717, 1.165) is 0 Å². The number of nitrogens with zero attached hydrogens (tertiary/aromatic N) is 2. The average molecular weight is 313 g/mol. The quantitative estimate of drug-likeness (QED) is 0.721. The van der Waals surface area contributed by atoms with Crippen molar-refractivity contribution in [3.63, 3.8) is 0 Å². The molecule has 9 heteroatoms. The lowest BCUT2D eigenvalue weighted by atomic mass is 9.74. The molecule has 2 unspecified atom stereocenters. The highest BCUT2D eigenvalue weighted by Gasteiger charge is 2.64. The topological polar surface area (TPSA) is 98.0 Å². The first-order chi connectivity index (χ1) is 10.4. The van der Waals surface area contributed by atoms with E-state index >= 15 is 0 Å². The normalized spacial score (nSPS) is 27.9. The molecule has 0 spiro atoms. The molecule has 5 N–H and O–H groups in total. The molecule has 3 rings (SSSR count). The average Bonchev–Trinajstić information content (AvgIpc) is 2.46. The molecule has 0 bridgehead atoms. The molecule has 0 saturated heterocycles. The van der Waals surface area contributed by atoms with Gasteiger partial charge in [0.15, 0.2) is 0 Å². The minimum atomic E-state index is -4.71. The summed E-state index contributed by atoms with van der Waals surface area (Å²) in [6.45, 7) is 0.146. The predicted molar refractivity (Wildman–Crippen MR) is 74.5 cm³/mol. The summed E-state index contributed by atoms with van der Waals surface area (Å²) in [5.74, 6) is -1.59. The number of guanidine groups is 1. The molecule has 2 heterocycles. The summed E-state index contributed by atoms with van der Waals surface area (Å²) >= 11 is 0. The molecule has 2 aliphatic heterocycles. The van der Waals surface area contributed by atoms with Crippen molar-refractivity contribution >= 4 is 11.8 Å². The van der Waals surface area contributed by atoms with Crippen LogP contribution in [0.25, 0.3) is 0 Å². The van der Waals surface area contributed by atoms with Crippen LogP contribution in [0, 0.1) is 0 Å². The molecule has 6 nitrogen and oxygen atoms in total. The number of benzene rings is 1. The van der Waals surface area contributed by atoms with Crippen LogP contribution in [0.3, 0.4) is 0 Å². The zero-order valence-electron chi connectivity index (χ0n) is 11.4. The van der Waals surface area contributed by atoms with Crippen LogP contribution >= 0.6 is 0 Å². The number of para-hydroxylation sites is 1. The van der Waals surface area contributed by atoms with E-state index in [1.54, 1.807) is 24.3 Å². The van der Waals surface area contributed by atoms with E-state index in [1.807, 2.05) is 0 Å². The van der Waals surface area contributed by atoms with Crippen molar-refractivity contribution in [1.82, 2.24) is 5.43 Å². The second kappa shape index (κ2) is 4.79. The Morgan fingerprint density at radius 3 is 2.68 bits per heavy atom. The zero-order valence-corrected chi connectivity index (χ0v) is 11.4. The summed E-state index contributed by atoms with van der Waals surface area (Å²) in [4.78, 5) is 3.55. The van der Waals surface area contributed by atoms with Gasteiger partial charge in [0.1, 0.15) is 11.6 Å². The van der Waals surface area contributed by atoms with E-state index in [-0.39, 0.29) is 19.0 Å². The van der Waals surface area contributed by atoms with Crippen LogP contribution in [-0.4, -0.2) is 30.1 Å². The fourth-order valence-electron chi connectivity index (χ4n) is 2.89. The summed E-state index contributed by atoms with van der Waals surface area (Å²) in [5, 5.41) is 3.46. The molecule has 2 aliphatic rings. The Kier molecular flexibility index (Phi) is 3.15. The Balaban J connectivity index is 2.16. The molecule has 0 aromatic heterocycles. The van der Waals surface area contributed by atoms with Crippen molar-refractivity contribution in [3.05, 3.63) is 29.8 Å². The number of alkyl halides is 3. The Morgan fingerprint density at radius 2 is 2.00 bits per heavy atom. The second-order valence-electron chi connectivity index (χ2n) is 5.11. The Bertz CT molecular complexity index is 657. The highest BCUT2D eigenvalue weighted by atomic mass is 19.4. The number of fused-ring (bicyclic) bond motifs is 1. The third-order valence-electron chi connectivity index (χ3n) is 3.91. The number of aliphatic imine (C=N–C) groups is 1. The monoisotopic (exact) mass is 313 g/mol. The van der Waals surface area contributed by atoms with Crippen LogP contribution in [0.4, 0.5) is 13.2 Å². The van der Waals surface area contributed by atoms with Gasteiger partial charge in [-0.25, -0.2) is 0 Å². The van der Waals surface area contributed by atoms with Gasteiger partial charge in [-0.05, 0) is 12.5 Å². The Morgan fingerprint density at radius 1 is 1.27 bits per heavy atom. The van der Waals surface area contributed by atoms with Gasteiger partial charge in [0.25, 0.3) is 0 Å². The number of halogens is 3. The van der Waals surface area contributed by atoms with Crippen LogP contribution in [-0.2, 0) is 0 Å². The van der Waals surface area contributed by atoms with Gasteiger partial charge in [-0.15, -0.1) is 5.10 Å². The molecule has 1 aromatic carbocycles. The van der Waals surface area contributed by atoms with E-state index in [1.165, 1.54) is 0 Å². The molecule has 2 atom stereocenters. The standard InChI is InChI=1S/C13H14F3N5O/c14-13(15,16)12(10(17)19-11(18)20-21-12)8-5-6-22-9-4-2-1-3-7(8)9/h1-4,8,21H,5-6H2,(H4,17,18,19,20). The van der Waals surface area contributed by atoms with Crippen LogP contribution in [0.5, 0.6) is 5.75 Å². The van der Waals surface area contributed by atoms with Gasteiger partial charge in [0, 0.05) is 11.5 Å². The van der Waals surface area contributed by atoms with Gasteiger partial charge < -0.3 is 16.2 Å². The molecule has 0 aliphatic carbocycles. The molecule has 118 valence electrons. The molecular formula is C13H14F3N5O. The Hall–Kier alpha value is -2.45. The summed E-state index contributed by atoms with van der Waals surface area (Å²) in [5.41, 5.74) is 10.9. The van der Waals surface area contributed by atoms with Crippen LogP contribution in [0.15, 0.2) is 34.4 Å². The van der Waals surface area contributed by atoms with Gasteiger partial charge in [-0.1, -0.05) is 18.2 Å². The van der Waals surface area contributed by atoms with E-state index < -0.39 is 23.5 Å². The molecule has 22 heavy (non-hydrogen) atoms. The predicted octanol–water partition coefficient (Wildman–Crippen LogP) is 1.04. The summed E-state index contributed by atoms with van der Waals surface area (Å²) in [6.07, 6.45) is -4.59. The minimum absolute atomic E-state index is 0.120. The van der Waals surface area contributed by atoms with E-state index in [0.29, 0.717) is 11.3 Å². The van der Waals surface area contributed by atoms with Crippen molar-refractivity contribution in [2.24, 2.45) is 21.6 Å². The first-order valence-corrected chi connectivity index (χ1v) is 6.59. The Labute approximate surface area is 124 Å². The van der Waals surface area contributed by atoms with Crippen LogP contribution < -0.4 is 21.6 Å². The SMILES string of the molecule is NC1=NNC(C2CCOc3ccccc32)(C(F)(F)F)C(N)=N1. The lowest BCUT2D eigenvalue weighted by Crippen LogP contribution is -2.69. The number of hydrogen-bond donors (Lipinski definition) is 3. The van der Waals surface area contributed by atoms with Gasteiger partial charge >= 0.3 is 6.18 Å².